The molecule has 4 rings (SSSR count). The van der Waals surface area contributed by atoms with E-state index < -0.39 is 5.25 Å². The maximum absolute atomic E-state index is 13.0. The molecule has 0 fully saturated rings. The van der Waals surface area contributed by atoms with E-state index in [1.165, 1.54) is 30.1 Å². The third-order valence-corrected chi connectivity index (χ3v) is 6.68. The number of thioether (sulfide) groups is 1. The van der Waals surface area contributed by atoms with Crippen LogP contribution < -0.4 is 10.7 Å². The number of para-hydroxylation sites is 1. The standard InChI is InChI=1S/C25H22FIN6OS/c1-17(24(34)31-29-15-18-7-9-19(26)10-8-18)35-25-32-30-23(33(25)22-5-3-2-4-6-22)16-28-21-13-11-20(27)12-14-21/h2-15,17,28H,16H2,1H3,(H,31,34)/b29-15-/t17-/m1/s1. The second-order valence-electron chi connectivity index (χ2n) is 7.48. The van der Waals surface area contributed by atoms with Crippen LogP contribution in [-0.2, 0) is 11.3 Å². The highest BCUT2D eigenvalue weighted by molar-refractivity contribution is 14.1. The molecule has 0 saturated heterocycles. The van der Waals surface area contributed by atoms with Crippen molar-refractivity contribution in [3.05, 3.63) is 99.6 Å². The summed E-state index contributed by atoms with van der Waals surface area (Å²) in [5.41, 5.74) is 5.09. The van der Waals surface area contributed by atoms with Gasteiger partial charge in [0.2, 0.25) is 0 Å². The Morgan fingerprint density at radius 1 is 1.09 bits per heavy atom. The smallest absolute Gasteiger partial charge is 0.253 e. The quantitative estimate of drug-likeness (QED) is 0.119. The molecule has 2 N–H and O–H groups in total. The van der Waals surface area contributed by atoms with Gasteiger partial charge in [-0.2, -0.15) is 5.10 Å². The van der Waals surface area contributed by atoms with Crippen molar-refractivity contribution in [3.63, 3.8) is 0 Å². The Kier molecular flexibility index (Phi) is 8.48. The fourth-order valence-corrected chi connectivity index (χ4v) is 4.34. The summed E-state index contributed by atoms with van der Waals surface area (Å²) in [7, 11) is 0. The van der Waals surface area contributed by atoms with E-state index in [-0.39, 0.29) is 11.7 Å². The van der Waals surface area contributed by atoms with Crippen molar-refractivity contribution in [2.45, 2.75) is 23.9 Å². The summed E-state index contributed by atoms with van der Waals surface area (Å²) in [4.78, 5) is 12.6. The van der Waals surface area contributed by atoms with Crippen LogP contribution in [0.15, 0.2) is 89.1 Å². The third-order valence-electron chi connectivity index (χ3n) is 4.92. The number of nitrogens with one attached hydrogen (secondary N) is 2. The van der Waals surface area contributed by atoms with Crippen LogP contribution in [0, 0.1) is 9.39 Å². The van der Waals surface area contributed by atoms with E-state index in [1.807, 2.05) is 59.2 Å². The van der Waals surface area contributed by atoms with Gasteiger partial charge in [0.1, 0.15) is 5.82 Å². The first-order valence-electron chi connectivity index (χ1n) is 10.7. The minimum Gasteiger partial charge on any atom is -0.378 e. The second kappa shape index (κ2) is 11.9. The zero-order valence-electron chi connectivity index (χ0n) is 18.7. The third kappa shape index (κ3) is 6.89. The number of hydrazone groups is 1. The summed E-state index contributed by atoms with van der Waals surface area (Å²) in [5.74, 6) is 0.112. The fraction of sp³-hybridized carbons (Fsp3) is 0.120. The molecule has 7 nitrogen and oxygen atoms in total. The molecule has 35 heavy (non-hydrogen) atoms. The van der Waals surface area contributed by atoms with Gasteiger partial charge in [-0.3, -0.25) is 9.36 Å². The van der Waals surface area contributed by atoms with Gasteiger partial charge in [-0.1, -0.05) is 42.1 Å². The first kappa shape index (κ1) is 24.9. The maximum Gasteiger partial charge on any atom is 0.253 e. The Hall–Kier alpha value is -3.25. The van der Waals surface area contributed by atoms with Crippen LogP contribution in [0.25, 0.3) is 5.69 Å². The van der Waals surface area contributed by atoms with Crippen molar-refractivity contribution in [1.82, 2.24) is 20.2 Å². The summed E-state index contributed by atoms with van der Waals surface area (Å²) in [6, 6.07) is 23.7. The maximum atomic E-state index is 13.0. The fourth-order valence-electron chi connectivity index (χ4n) is 3.10. The van der Waals surface area contributed by atoms with Crippen LogP contribution in [0.1, 0.15) is 18.3 Å². The highest BCUT2D eigenvalue weighted by atomic mass is 127. The normalized spacial score (nSPS) is 12.0. The predicted octanol–water partition coefficient (Wildman–Crippen LogP) is 5.25. The summed E-state index contributed by atoms with van der Waals surface area (Å²) in [5, 5.41) is 16.2. The molecule has 1 aromatic heterocycles. The van der Waals surface area contributed by atoms with Gasteiger partial charge in [0.25, 0.3) is 5.91 Å². The minimum absolute atomic E-state index is 0.283. The van der Waals surface area contributed by atoms with Crippen molar-refractivity contribution in [2.75, 3.05) is 5.32 Å². The first-order valence-corrected chi connectivity index (χ1v) is 12.7. The van der Waals surface area contributed by atoms with Crippen molar-refractivity contribution in [1.29, 1.82) is 0 Å². The summed E-state index contributed by atoms with van der Waals surface area (Å²) < 4.78 is 16.1. The molecule has 1 amide bonds. The number of carbonyl (C=O) groups excluding carboxylic acids is 1. The number of amides is 1. The van der Waals surface area contributed by atoms with Gasteiger partial charge in [-0.25, -0.2) is 9.82 Å². The van der Waals surface area contributed by atoms with E-state index in [1.54, 1.807) is 19.1 Å². The monoisotopic (exact) mass is 600 g/mol. The molecule has 10 heteroatoms. The molecule has 178 valence electrons. The van der Waals surface area contributed by atoms with E-state index in [4.69, 9.17) is 0 Å². The Bertz CT molecular complexity index is 1300. The molecule has 0 spiro atoms. The zero-order chi connectivity index (χ0) is 24.6. The van der Waals surface area contributed by atoms with Crippen LogP contribution in [0.5, 0.6) is 0 Å². The highest BCUT2D eigenvalue weighted by Crippen LogP contribution is 2.26. The van der Waals surface area contributed by atoms with Crippen LogP contribution >= 0.6 is 34.4 Å². The molecule has 3 aromatic carbocycles. The highest BCUT2D eigenvalue weighted by Gasteiger charge is 2.21. The Labute approximate surface area is 220 Å². The molecule has 0 aliphatic heterocycles. The number of nitrogens with zero attached hydrogens (tertiary/aromatic N) is 4. The lowest BCUT2D eigenvalue weighted by atomic mass is 10.2. The number of hydrogen-bond acceptors (Lipinski definition) is 6. The number of hydrogen-bond donors (Lipinski definition) is 2. The molecule has 0 bridgehead atoms. The summed E-state index contributed by atoms with van der Waals surface area (Å²) in [6.45, 7) is 2.24. The summed E-state index contributed by atoms with van der Waals surface area (Å²) >= 11 is 3.56. The SMILES string of the molecule is C[C@@H](Sc1nnc(CNc2ccc(I)cc2)n1-c1ccccc1)C(=O)N/N=C\c1ccc(F)cc1. The van der Waals surface area contributed by atoms with E-state index in [0.29, 0.717) is 17.3 Å². The summed E-state index contributed by atoms with van der Waals surface area (Å²) in [6.07, 6.45) is 1.47. The van der Waals surface area contributed by atoms with E-state index >= 15 is 0 Å². The first-order chi connectivity index (χ1) is 17.0. The second-order valence-corrected chi connectivity index (χ2v) is 10.0. The molecule has 0 radical (unpaired) electrons. The van der Waals surface area contributed by atoms with Gasteiger partial charge in [0.15, 0.2) is 11.0 Å². The topological polar surface area (TPSA) is 84.2 Å². The predicted molar refractivity (Wildman–Crippen MR) is 145 cm³/mol. The molecule has 1 heterocycles. The molecular weight excluding hydrogens is 578 g/mol. The van der Waals surface area contributed by atoms with Crippen molar-refractivity contribution in [3.8, 4) is 5.69 Å². The van der Waals surface area contributed by atoms with Gasteiger partial charge >= 0.3 is 0 Å². The lowest BCUT2D eigenvalue weighted by Crippen LogP contribution is -2.27. The molecule has 1 atom stereocenters. The molecular formula is C25H22FIN6OS. The van der Waals surface area contributed by atoms with Gasteiger partial charge in [0, 0.05) is 14.9 Å². The lowest BCUT2D eigenvalue weighted by Gasteiger charge is -2.13. The van der Waals surface area contributed by atoms with Crippen molar-refractivity contribution >= 4 is 52.2 Å². The number of rotatable bonds is 9. The van der Waals surface area contributed by atoms with Gasteiger partial charge < -0.3 is 5.32 Å². The Morgan fingerprint density at radius 3 is 2.51 bits per heavy atom. The number of benzene rings is 3. The Balaban J connectivity index is 1.46. The van der Waals surface area contributed by atoms with E-state index in [2.05, 4.69) is 48.6 Å². The molecule has 4 aromatic rings. The van der Waals surface area contributed by atoms with E-state index in [0.717, 1.165) is 20.8 Å². The van der Waals surface area contributed by atoms with Crippen LogP contribution in [0.3, 0.4) is 0 Å². The molecule has 0 saturated carbocycles. The van der Waals surface area contributed by atoms with Crippen molar-refractivity contribution in [2.24, 2.45) is 5.10 Å². The minimum atomic E-state index is -0.482. The molecule has 0 aliphatic carbocycles. The van der Waals surface area contributed by atoms with Crippen LogP contribution in [0.2, 0.25) is 0 Å². The number of anilines is 1. The Morgan fingerprint density at radius 2 is 1.80 bits per heavy atom. The average molecular weight is 600 g/mol. The van der Waals surface area contributed by atoms with E-state index in [9.17, 15) is 9.18 Å². The average Bonchev–Trinajstić information content (AvgIpc) is 3.27. The van der Waals surface area contributed by atoms with Crippen molar-refractivity contribution < 1.29 is 9.18 Å². The lowest BCUT2D eigenvalue weighted by molar-refractivity contribution is -0.120. The van der Waals surface area contributed by atoms with Gasteiger partial charge in [-0.15, -0.1) is 10.2 Å². The van der Waals surface area contributed by atoms with Gasteiger partial charge in [-0.05, 0) is 83.6 Å². The number of aromatic nitrogens is 3. The number of halogens is 2. The molecule has 0 aliphatic rings. The van der Waals surface area contributed by atoms with Gasteiger partial charge in [0.05, 0.1) is 18.0 Å². The van der Waals surface area contributed by atoms with Crippen LogP contribution in [0.4, 0.5) is 10.1 Å². The van der Waals surface area contributed by atoms with Crippen LogP contribution in [-0.4, -0.2) is 32.1 Å². The zero-order valence-corrected chi connectivity index (χ0v) is 21.7. The molecule has 0 unspecified atom stereocenters. The largest absolute Gasteiger partial charge is 0.378 e. The number of carbonyl (C=O) groups is 1.